The molecule has 0 saturated carbocycles. The molecule has 1 heterocycles. The lowest BCUT2D eigenvalue weighted by Gasteiger charge is -2.06. The van der Waals surface area contributed by atoms with Crippen molar-refractivity contribution in [2.45, 2.75) is 0 Å². The molecule has 2 nitrogen and oxygen atoms in total. The van der Waals surface area contributed by atoms with Crippen LogP contribution < -0.4 is 0 Å². The Hall–Kier alpha value is -1.93. The standard InChI is InChI=1S/C14H9ClN2/c15-14-12-8-4-7-11(13(12)9-16-17-14)10-5-2-1-3-6-10/h1-9H. The first-order valence-electron chi connectivity index (χ1n) is 5.31. The molecule has 0 bridgehead atoms. The number of nitrogens with zero attached hydrogens (tertiary/aromatic N) is 2. The minimum absolute atomic E-state index is 0.445. The van der Waals surface area contributed by atoms with Crippen LogP contribution in [0.25, 0.3) is 21.9 Å². The fraction of sp³-hybridized carbons (Fsp3) is 0. The Balaban J connectivity index is 2.35. The van der Waals surface area contributed by atoms with Crippen molar-refractivity contribution in [1.82, 2.24) is 10.2 Å². The van der Waals surface area contributed by atoms with Gasteiger partial charge in [-0.15, -0.1) is 5.10 Å². The second kappa shape index (κ2) is 4.15. The van der Waals surface area contributed by atoms with Crippen LogP contribution in [0.2, 0.25) is 5.15 Å². The van der Waals surface area contributed by atoms with E-state index in [0.717, 1.165) is 21.9 Å². The van der Waals surface area contributed by atoms with E-state index in [4.69, 9.17) is 11.6 Å². The summed E-state index contributed by atoms with van der Waals surface area (Å²) in [5.41, 5.74) is 2.28. The fourth-order valence-electron chi connectivity index (χ4n) is 1.94. The summed E-state index contributed by atoms with van der Waals surface area (Å²) in [4.78, 5) is 0. The van der Waals surface area contributed by atoms with Crippen molar-refractivity contribution in [3.8, 4) is 11.1 Å². The van der Waals surface area contributed by atoms with Crippen LogP contribution >= 0.6 is 11.6 Å². The van der Waals surface area contributed by atoms with Gasteiger partial charge in [0.1, 0.15) is 0 Å². The van der Waals surface area contributed by atoms with Crippen LogP contribution in [0.5, 0.6) is 0 Å². The zero-order chi connectivity index (χ0) is 11.7. The molecule has 0 aliphatic carbocycles. The lowest BCUT2D eigenvalue weighted by Crippen LogP contribution is -1.86. The maximum atomic E-state index is 6.04. The number of aromatic nitrogens is 2. The molecule has 3 rings (SSSR count). The van der Waals surface area contributed by atoms with Crippen molar-refractivity contribution < 1.29 is 0 Å². The average Bonchev–Trinajstić information content (AvgIpc) is 2.40. The summed E-state index contributed by atoms with van der Waals surface area (Å²) in [6.45, 7) is 0. The molecule has 0 spiro atoms. The molecular weight excluding hydrogens is 232 g/mol. The highest BCUT2D eigenvalue weighted by molar-refractivity contribution is 6.34. The summed E-state index contributed by atoms with van der Waals surface area (Å²) in [6, 6.07) is 16.2. The van der Waals surface area contributed by atoms with Crippen molar-refractivity contribution in [3.63, 3.8) is 0 Å². The number of fused-ring (bicyclic) bond motifs is 1. The maximum absolute atomic E-state index is 6.04. The van der Waals surface area contributed by atoms with E-state index < -0.39 is 0 Å². The molecule has 0 amide bonds. The summed E-state index contributed by atoms with van der Waals surface area (Å²) in [5, 5.41) is 10.2. The highest BCUT2D eigenvalue weighted by Crippen LogP contribution is 2.30. The van der Waals surface area contributed by atoms with E-state index in [1.165, 1.54) is 0 Å². The topological polar surface area (TPSA) is 25.8 Å². The van der Waals surface area contributed by atoms with Gasteiger partial charge in [0.2, 0.25) is 0 Å². The molecule has 1 aromatic heterocycles. The van der Waals surface area contributed by atoms with Gasteiger partial charge in [0.05, 0.1) is 6.20 Å². The molecule has 17 heavy (non-hydrogen) atoms. The molecule has 0 atom stereocenters. The Bertz CT molecular complexity index is 665. The Morgan fingerprint density at radius 3 is 2.47 bits per heavy atom. The van der Waals surface area contributed by atoms with Crippen LogP contribution in [0.15, 0.2) is 54.7 Å². The molecule has 3 aromatic rings. The van der Waals surface area contributed by atoms with E-state index >= 15 is 0 Å². The smallest absolute Gasteiger partial charge is 0.157 e. The van der Waals surface area contributed by atoms with E-state index in [2.05, 4.69) is 28.4 Å². The highest BCUT2D eigenvalue weighted by atomic mass is 35.5. The maximum Gasteiger partial charge on any atom is 0.159 e. The third-order valence-electron chi connectivity index (χ3n) is 2.75. The first-order chi connectivity index (χ1) is 8.36. The number of rotatable bonds is 1. The fourth-order valence-corrected chi connectivity index (χ4v) is 2.15. The van der Waals surface area contributed by atoms with Gasteiger partial charge in [0.15, 0.2) is 5.15 Å². The molecule has 2 aromatic carbocycles. The van der Waals surface area contributed by atoms with E-state index in [-0.39, 0.29) is 0 Å². The van der Waals surface area contributed by atoms with E-state index in [0.29, 0.717) is 5.15 Å². The normalized spacial score (nSPS) is 10.6. The molecule has 0 aliphatic rings. The summed E-state index contributed by atoms with van der Waals surface area (Å²) >= 11 is 6.04. The molecule has 0 unspecified atom stereocenters. The van der Waals surface area contributed by atoms with Crippen LogP contribution in [0.1, 0.15) is 0 Å². The molecule has 0 fully saturated rings. The van der Waals surface area contributed by atoms with Crippen molar-refractivity contribution >= 4 is 22.4 Å². The number of hydrogen-bond acceptors (Lipinski definition) is 2. The largest absolute Gasteiger partial charge is 0.159 e. The van der Waals surface area contributed by atoms with Gasteiger partial charge in [-0.2, -0.15) is 5.10 Å². The third kappa shape index (κ3) is 1.77. The number of benzene rings is 2. The van der Waals surface area contributed by atoms with Gasteiger partial charge >= 0.3 is 0 Å². The Kier molecular flexibility index (Phi) is 2.50. The van der Waals surface area contributed by atoms with Crippen LogP contribution in [0.3, 0.4) is 0 Å². The minimum atomic E-state index is 0.445. The van der Waals surface area contributed by atoms with Crippen LogP contribution in [-0.4, -0.2) is 10.2 Å². The summed E-state index contributed by atoms with van der Waals surface area (Å²) < 4.78 is 0. The summed E-state index contributed by atoms with van der Waals surface area (Å²) in [6.07, 6.45) is 1.75. The highest BCUT2D eigenvalue weighted by Gasteiger charge is 2.06. The zero-order valence-electron chi connectivity index (χ0n) is 8.97. The molecule has 3 heteroatoms. The SMILES string of the molecule is Clc1nncc2c(-c3ccccc3)cccc12. The van der Waals surface area contributed by atoms with Crippen molar-refractivity contribution in [2.24, 2.45) is 0 Å². The quantitative estimate of drug-likeness (QED) is 0.644. The predicted octanol–water partition coefficient (Wildman–Crippen LogP) is 3.95. The molecule has 82 valence electrons. The van der Waals surface area contributed by atoms with Crippen LogP contribution in [0, 0.1) is 0 Å². The first-order valence-corrected chi connectivity index (χ1v) is 5.69. The van der Waals surface area contributed by atoms with Gasteiger partial charge < -0.3 is 0 Å². The molecule has 0 aliphatic heterocycles. The first kappa shape index (κ1) is 10.2. The van der Waals surface area contributed by atoms with Crippen molar-refractivity contribution in [3.05, 3.63) is 59.9 Å². The Morgan fingerprint density at radius 2 is 1.65 bits per heavy atom. The number of halogens is 1. The number of hydrogen-bond donors (Lipinski definition) is 0. The second-order valence-electron chi connectivity index (χ2n) is 3.77. The molecule has 0 radical (unpaired) electrons. The molecular formula is C14H9ClN2. The van der Waals surface area contributed by atoms with Gasteiger partial charge in [0.25, 0.3) is 0 Å². The van der Waals surface area contributed by atoms with Crippen LogP contribution in [-0.2, 0) is 0 Å². The Morgan fingerprint density at radius 1 is 0.824 bits per heavy atom. The lowest BCUT2D eigenvalue weighted by molar-refractivity contribution is 1.05. The average molecular weight is 241 g/mol. The van der Waals surface area contributed by atoms with Gasteiger partial charge in [0, 0.05) is 10.8 Å². The van der Waals surface area contributed by atoms with E-state index in [1.54, 1.807) is 6.20 Å². The predicted molar refractivity (Wildman–Crippen MR) is 70.0 cm³/mol. The van der Waals surface area contributed by atoms with Crippen molar-refractivity contribution in [1.29, 1.82) is 0 Å². The van der Waals surface area contributed by atoms with Gasteiger partial charge in [-0.3, -0.25) is 0 Å². The zero-order valence-corrected chi connectivity index (χ0v) is 9.72. The van der Waals surface area contributed by atoms with E-state index in [9.17, 15) is 0 Å². The summed E-state index contributed by atoms with van der Waals surface area (Å²) in [7, 11) is 0. The summed E-state index contributed by atoms with van der Waals surface area (Å²) in [5.74, 6) is 0. The Labute approximate surface area is 104 Å². The van der Waals surface area contributed by atoms with Gasteiger partial charge in [-0.1, -0.05) is 60.1 Å². The lowest BCUT2D eigenvalue weighted by atomic mass is 10.0. The van der Waals surface area contributed by atoms with Gasteiger partial charge in [-0.05, 0) is 11.1 Å². The third-order valence-corrected chi connectivity index (χ3v) is 3.02. The van der Waals surface area contributed by atoms with Crippen molar-refractivity contribution in [2.75, 3.05) is 0 Å². The molecule has 0 saturated heterocycles. The van der Waals surface area contributed by atoms with Gasteiger partial charge in [-0.25, -0.2) is 0 Å². The minimum Gasteiger partial charge on any atom is -0.157 e. The van der Waals surface area contributed by atoms with Crippen LogP contribution in [0.4, 0.5) is 0 Å². The van der Waals surface area contributed by atoms with E-state index in [1.807, 2.05) is 30.3 Å². The monoisotopic (exact) mass is 240 g/mol. The molecule has 0 N–H and O–H groups in total. The second-order valence-corrected chi connectivity index (χ2v) is 4.13.